The van der Waals surface area contributed by atoms with Crippen molar-refractivity contribution in [3.63, 3.8) is 0 Å². The summed E-state index contributed by atoms with van der Waals surface area (Å²) in [5.41, 5.74) is 0.458. The third kappa shape index (κ3) is 6.72. The fraction of sp³-hybridized carbons (Fsp3) is 0.632. The Morgan fingerprint density at radius 1 is 1.24 bits per heavy atom. The van der Waals surface area contributed by atoms with E-state index in [-0.39, 0.29) is 17.7 Å². The molecule has 2 atom stereocenters. The Hall–Kier alpha value is -2.11. The lowest BCUT2D eigenvalue weighted by molar-refractivity contribution is -0.126. The highest BCUT2D eigenvalue weighted by Crippen LogP contribution is 2.31. The van der Waals surface area contributed by atoms with Gasteiger partial charge in [-0.2, -0.15) is 0 Å². The van der Waals surface area contributed by atoms with Crippen molar-refractivity contribution < 1.29 is 14.3 Å². The van der Waals surface area contributed by atoms with Crippen LogP contribution in [0.15, 0.2) is 24.4 Å². The maximum absolute atomic E-state index is 12.4. The van der Waals surface area contributed by atoms with Crippen molar-refractivity contribution in [1.29, 1.82) is 0 Å². The van der Waals surface area contributed by atoms with Gasteiger partial charge in [-0.15, -0.1) is 0 Å². The number of hydrogen-bond donors (Lipinski definition) is 2. The van der Waals surface area contributed by atoms with Crippen LogP contribution in [0.2, 0.25) is 0 Å². The second kappa shape index (κ2) is 8.83. The second-order valence-electron chi connectivity index (χ2n) is 7.54. The van der Waals surface area contributed by atoms with Crippen LogP contribution < -0.4 is 10.6 Å². The quantitative estimate of drug-likeness (QED) is 0.829. The van der Waals surface area contributed by atoms with Gasteiger partial charge in [-0.1, -0.05) is 12.5 Å². The highest BCUT2D eigenvalue weighted by atomic mass is 16.6. The number of pyridine rings is 1. The molecule has 0 radical (unpaired) electrons. The van der Waals surface area contributed by atoms with Crippen LogP contribution in [0.3, 0.4) is 0 Å². The third-order valence-corrected chi connectivity index (χ3v) is 4.31. The molecule has 2 amide bonds. The molecule has 0 aliphatic heterocycles. The van der Waals surface area contributed by atoms with E-state index in [1.54, 1.807) is 6.20 Å². The Labute approximate surface area is 149 Å². The first-order valence-corrected chi connectivity index (χ1v) is 8.99. The molecule has 138 valence electrons. The molecule has 6 nitrogen and oxygen atoms in total. The lowest BCUT2D eigenvalue weighted by Crippen LogP contribution is -2.40. The van der Waals surface area contributed by atoms with Crippen LogP contribution >= 0.6 is 0 Å². The fourth-order valence-corrected chi connectivity index (χ4v) is 3.15. The van der Waals surface area contributed by atoms with Crippen LogP contribution in [-0.4, -0.2) is 35.7 Å². The maximum Gasteiger partial charge on any atom is 0.407 e. The number of aromatic nitrogens is 1. The minimum Gasteiger partial charge on any atom is -0.444 e. The zero-order valence-corrected chi connectivity index (χ0v) is 15.4. The van der Waals surface area contributed by atoms with Crippen LogP contribution in [0, 0.1) is 11.8 Å². The van der Waals surface area contributed by atoms with Gasteiger partial charge in [0.2, 0.25) is 5.91 Å². The smallest absolute Gasteiger partial charge is 0.407 e. The van der Waals surface area contributed by atoms with Crippen molar-refractivity contribution in [3.8, 4) is 0 Å². The first-order valence-electron chi connectivity index (χ1n) is 8.99. The standard InChI is InChI=1S/C19H29N3O3/c1-19(2,3)25-18(24)22-13-14-7-6-9-16(14)17(23)21-12-10-15-8-4-5-11-20-15/h4-5,8,11,14,16H,6-7,9-10,12-13H2,1-3H3,(H,21,23)(H,22,24). The molecule has 25 heavy (non-hydrogen) atoms. The molecular formula is C19H29N3O3. The number of alkyl carbamates (subject to hydrolysis) is 1. The summed E-state index contributed by atoms with van der Waals surface area (Å²) in [4.78, 5) is 28.5. The van der Waals surface area contributed by atoms with Crippen molar-refractivity contribution in [2.45, 2.75) is 52.1 Å². The van der Waals surface area contributed by atoms with Crippen molar-refractivity contribution >= 4 is 12.0 Å². The Morgan fingerprint density at radius 3 is 2.72 bits per heavy atom. The number of carbonyl (C=O) groups excluding carboxylic acids is 2. The Morgan fingerprint density at radius 2 is 2.04 bits per heavy atom. The van der Waals surface area contributed by atoms with Crippen molar-refractivity contribution in [2.24, 2.45) is 11.8 Å². The zero-order valence-electron chi connectivity index (χ0n) is 15.4. The number of hydrogen-bond acceptors (Lipinski definition) is 4. The fourth-order valence-electron chi connectivity index (χ4n) is 3.15. The van der Waals surface area contributed by atoms with E-state index in [9.17, 15) is 9.59 Å². The van der Waals surface area contributed by atoms with Crippen molar-refractivity contribution in [1.82, 2.24) is 15.6 Å². The van der Waals surface area contributed by atoms with E-state index in [1.165, 1.54) is 0 Å². The number of nitrogens with zero attached hydrogens (tertiary/aromatic N) is 1. The molecule has 1 aromatic heterocycles. The molecule has 1 aromatic rings. The van der Waals surface area contributed by atoms with E-state index in [0.717, 1.165) is 31.4 Å². The van der Waals surface area contributed by atoms with Crippen LogP contribution in [0.5, 0.6) is 0 Å². The molecule has 0 spiro atoms. The van der Waals surface area contributed by atoms with E-state index < -0.39 is 11.7 Å². The summed E-state index contributed by atoms with van der Waals surface area (Å²) >= 11 is 0. The minimum atomic E-state index is -0.512. The topological polar surface area (TPSA) is 80.3 Å². The number of ether oxygens (including phenoxy) is 1. The number of carbonyl (C=O) groups is 2. The molecular weight excluding hydrogens is 318 g/mol. The largest absolute Gasteiger partial charge is 0.444 e. The predicted octanol–water partition coefficient (Wildman–Crippen LogP) is 2.68. The summed E-state index contributed by atoms with van der Waals surface area (Å²) in [6.07, 6.45) is 4.89. The van der Waals surface area contributed by atoms with Gasteiger partial charge < -0.3 is 15.4 Å². The minimum absolute atomic E-state index is 0.0429. The summed E-state index contributed by atoms with van der Waals surface area (Å²) in [6, 6.07) is 5.78. The Balaban J connectivity index is 1.74. The molecule has 1 heterocycles. The van der Waals surface area contributed by atoms with Crippen LogP contribution in [0.25, 0.3) is 0 Å². The molecule has 2 N–H and O–H groups in total. The van der Waals surface area contributed by atoms with Gasteiger partial charge in [0.1, 0.15) is 5.60 Å². The molecule has 0 saturated heterocycles. The first kappa shape index (κ1) is 19.2. The molecule has 2 rings (SSSR count). The molecule has 1 aliphatic carbocycles. The highest BCUT2D eigenvalue weighted by Gasteiger charge is 2.33. The van der Waals surface area contributed by atoms with E-state index in [0.29, 0.717) is 13.1 Å². The summed E-state index contributed by atoms with van der Waals surface area (Å²) in [5, 5.41) is 5.80. The van der Waals surface area contributed by atoms with Gasteiger partial charge in [0.05, 0.1) is 0 Å². The summed E-state index contributed by atoms with van der Waals surface area (Å²) < 4.78 is 5.25. The third-order valence-electron chi connectivity index (χ3n) is 4.31. The van der Waals surface area contributed by atoms with Gasteiger partial charge in [0.25, 0.3) is 0 Å². The van der Waals surface area contributed by atoms with E-state index in [1.807, 2.05) is 39.0 Å². The SMILES string of the molecule is CC(C)(C)OC(=O)NCC1CCCC1C(=O)NCCc1ccccn1. The average molecular weight is 347 g/mol. The van der Waals surface area contributed by atoms with Crippen LogP contribution in [-0.2, 0) is 16.0 Å². The summed E-state index contributed by atoms with van der Waals surface area (Å²) in [6.45, 7) is 6.56. The maximum atomic E-state index is 12.4. The summed E-state index contributed by atoms with van der Waals surface area (Å²) in [7, 11) is 0. The summed E-state index contributed by atoms with van der Waals surface area (Å²) in [5.74, 6) is 0.199. The zero-order chi connectivity index (χ0) is 18.3. The monoisotopic (exact) mass is 347 g/mol. The van der Waals surface area contributed by atoms with E-state index in [2.05, 4.69) is 15.6 Å². The van der Waals surface area contributed by atoms with Gasteiger partial charge in [-0.3, -0.25) is 9.78 Å². The lowest BCUT2D eigenvalue weighted by Gasteiger charge is -2.22. The molecule has 2 unspecified atom stereocenters. The van der Waals surface area contributed by atoms with Gasteiger partial charge in [-0.25, -0.2) is 4.79 Å². The predicted molar refractivity (Wildman–Crippen MR) is 96.0 cm³/mol. The molecule has 0 aromatic carbocycles. The van der Waals surface area contributed by atoms with Crippen molar-refractivity contribution in [3.05, 3.63) is 30.1 Å². The van der Waals surface area contributed by atoms with Crippen molar-refractivity contribution in [2.75, 3.05) is 13.1 Å². The number of nitrogens with one attached hydrogen (secondary N) is 2. The average Bonchev–Trinajstić information content (AvgIpc) is 3.01. The molecule has 1 saturated carbocycles. The lowest BCUT2D eigenvalue weighted by atomic mass is 9.95. The Kier molecular flexibility index (Phi) is 6.79. The van der Waals surface area contributed by atoms with E-state index in [4.69, 9.17) is 4.74 Å². The second-order valence-corrected chi connectivity index (χ2v) is 7.54. The van der Waals surface area contributed by atoms with Crippen LogP contribution in [0.4, 0.5) is 4.79 Å². The molecule has 1 aliphatic rings. The normalized spacial score (nSPS) is 20.1. The van der Waals surface area contributed by atoms with Gasteiger partial charge in [0, 0.05) is 37.3 Å². The molecule has 0 bridgehead atoms. The highest BCUT2D eigenvalue weighted by molar-refractivity contribution is 5.79. The Bertz CT molecular complexity index is 569. The van der Waals surface area contributed by atoms with Crippen LogP contribution in [0.1, 0.15) is 45.7 Å². The molecule has 6 heteroatoms. The number of amides is 2. The van der Waals surface area contributed by atoms with Gasteiger partial charge in [0.15, 0.2) is 0 Å². The van der Waals surface area contributed by atoms with Gasteiger partial charge in [-0.05, 0) is 51.7 Å². The van der Waals surface area contributed by atoms with Gasteiger partial charge >= 0.3 is 6.09 Å². The van der Waals surface area contributed by atoms with E-state index >= 15 is 0 Å². The molecule has 1 fully saturated rings. The number of rotatable bonds is 6. The first-order chi connectivity index (χ1) is 11.8.